The van der Waals surface area contributed by atoms with Crippen molar-refractivity contribution in [1.82, 2.24) is 10.3 Å². The molecule has 1 aromatic heterocycles. The maximum absolute atomic E-state index is 10.6. The van der Waals surface area contributed by atoms with Crippen LogP contribution >= 0.6 is 15.9 Å². The lowest BCUT2D eigenvalue weighted by Crippen LogP contribution is -2.35. The minimum absolute atomic E-state index is 0.00184. The molecular weight excluding hydrogens is 300 g/mol. The van der Waals surface area contributed by atoms with Crippen molar-refractivity contribution in [3.05, 3.63) is 26.9 Å². The number of nitro groups is 1. The number of aromatic nitrogens is 1. The third-order valence-electron chi connectivity index (χ3n) is 3.04. The van der Waals surface area contributed by atoms with Crippen molar-refractivity contribution in [2.75, 3.05) is 25.0 Å². The predicted octanol–water partition coefficient (Wildman–Crippen LogP) is 1.94. The maximum atomic E-state index is 10.6. The van der Waals surface area contributed by atoms with E-state index in [1.54, 1.807) is 0 Å². The van der Waals surface area contributed by atoms with E-state index in [4.69, 9.17) is 0 Å². The number of hydrogen-bond donors (Lipinski definition) is 1. The van der Waals surface area contributed by atoms with E-state index in [1.807, 2.05) is 11.9 Å². The van der Waals surface area contributed by atoms with E-state index in [-0.39, 0.29) is 5.69 Å². The van der Waals surface area contributed by atoms with Gasteiger partial charge in [0.15, 0.2) is 0 Å². The van der Waals surface area contributed by atoms with Crippen molar-refractivity contribution in [1.29, 1.82) is 0 Å². The monoisotopic (exact) mass is 314 g/mol. The van der Waals surface area contributed by atoms with Gasteiger partial charge in [-0.1, -0.05) is 0 Å². The summed E-state index contributed by atoms with van der Waals surface area (Å²) in [5.41, 5.74) is -0.00184. The standard InChI is InChI=1S/C11H15BrN4O2/c1-15(7-8-3-2-4-13-8)11-10(12)5-9(6-14-11)16(17)18/h5-6,8,13H,2-4,7H2,1H3. The lowest BCUT2D eigenvalue weighted by Gasteiger charge is -2.23. The van der Waals surface area contributed by atoms with E-state index in [0.29, 0.717) is 10.5 Å². The third-order valence-corrected chi connectivity index (χ3v) is 3.62. The molecular formula is C11H15BrN4O2. The number of rotatable bonds is 4. The first-order chi connectivity index (χ1) is 8.58. The number of anilines is 1. The van der Waals surface area contributed by atoms with Crippen LogP contribution < -0.4 is 10.2 Å². The summed E-state index contributed by atoms with van der Waals surface area (Å²) in [4.78, 5) is 16.4. The normalized spacial score (nSPS) is 18.9. The van der Waals surface area contributed by atoms with Gasteiger partial charge in [0.25, 0.3) is 5.69 Å². The summed E-state index contributed by atoms with van der Waals surface area (Å²) in [6, 6.07) is 1.96. The van der Waals surface area contributed by atoms with Crippen LogP contribution in [0.3, 0.4) is 0 Å². The molecule has 98 valence electrons. The van der Waals surface area contributed by atoms with Gasteiger partial charge in [-0.15, -0.1) is 0 Å². The van der Waals surface area contributed by atoms with Crippen LogP contribution in [0.5, 0.6) is 0 Å². The maximum Gasteiger partial charge on any atom is 0.288 e. The van der Waals surface area contributed by atoms with Gasteiger partial charge >= 0.3 is 0 Å². The van der Waals surface area contributed by atoms with Crippen LogP contribution in [-0.4, -0.2) is 36.1 Å². The smallest absolute Gasteiger partial charge is 0.288 e. The molecule has 0 bridgehead atoms. The van der Waals surface area contributed by atoms with Gasteiger partial charge in [-0.05, 0) is 35.3 Å². The first kappa shape index (κ1) is 13.2. The Balaban J connectivity index is 2.09. The van der Waals surface area contributed by atoms with E-state index in [2.05, 4.69) is 26.2 Å². The van der Waals surface area contributed by atoms with Gasteiger partial charge in [0.1, 0.15) is 12.0 Å². The lowest BCUT2D eigenvalue weighted by atomic mass is 10.2. The summed E-state index contributed by atoms with van der Waals surface area (Å²) in [5, 5.41) is 14.0. The van der Waals surface area contributed by atoms with Crippen molar-refractivity contribution >= 4 is 27.4 Å². The summed E-state index contributed by atoms with van der Waals surface area (Å²) >= 11 is 3.34. The third kappa shape index (κ3) is 2.97. The number of nitrogens with zero attached hydrogens (tertiary/aromatic N) is 3. The average molecular weight is 315 g/mol. The molecule has 0 spiro atoms. The second-order valence-electron chi connectivity index (χ2n) is 4.43. The largest absolute Gasteiger partial charge is 0.357 e. The van der Waals surface area contributed by atoms with Gasteiger partial charge in [0.05, 0.1) is 9.40 Å². The van der Waals surface area contributed by atoms with Gasteiger partial charge in [0, 0.05) is 25.7 Å². The fourth-order valence-corrected chi connectivity index (χ4v) is 2.77. The summed E-state index contributed by atoms with van der Waals surface area (Å²) in [6.45, 7) is 1.91. The van der Waals surface area contributed by atoms with E-state index < -0.39 is 4.92 Å². The molecule has 7 heteroatoms. The molecule has 18 heavy (non-hydrogen) atoms. The van der Waals surface area contributed by atoms with Crippen LogP contribution in [0, 0.1) is 10.1 Å². The Hall–Kier alpha value is -1.21. The van der Waals surface area contributed by atoms with E-state index in [9.17, 15) is 10.1 Å². The molecule has 0 amide bonds. The fraction of sp³-hybridized carbons (Fsp3) is 0.545. The minimum Gasteiger partial charge on any atom is -0.357 e. The van der Waals surface area contributed by atoms with Crippen molar-refractivity contribution in [3.8, 4) is 0 Å². The second kappa shape index (κ2) is 5.62. The molecule has 2 heterocycles. The highest BCUT2D eigenvalue weighted by Gasteiger charge is 2.19. The molecule has 0 radical (unpaired) electrons. The zero-order valence-electron chi connectivity index (χ0n) is 10.1. The zero-order chi connectivity index (χ0) is 13.1. The number of likely N-dealkylation sites (N-methyl/N-ethyl adjacent to an activating group) is 1. The molecule has 1 aromatic rings. The molecule has 2 rings (SSSR count). The Bertz CT molecular complexity index is 449. The summed E-state index contributed by atoms with van der Waals surface area (Å²) < 4.78 is 0.650. The SMILES string of the molecule is CN(CC1CCCN1)c1ncc([N+](=O)[O-])cc1Br. The Morgan fingerprint density at radius 1 is 1.72 bits per heavy atom. The van der Waals surface area contributed by atoms with Crippen LogP contribution in [0.15, 0.2) is 16.7 Å². The number of halogens is 1. The van der Waals surface area contributed by atoms with Gasteiger partial charge in [-0.25, -0.2) is 4.98 Å². The highest BCUT2D eigenvalue weighted by atomic mass is 79.9. The fourth-order valence-electron chi connectivity index (χ4n) is 2.13. The lowest BCUT2D eigenvalue weighted by molar-refractivity contribution is -0.385. The van der Waals surface area contributed by atoms with Gasteiger partial charge in [-0.3, -0.25) is 10.1 Å². The topological polar surface area (TPSA) is 71.3 Å². The van der Waals surface area contributed by atoms with Gasteiger partial charge < -0.3 is 10.2 Å². The molecule has 1 unspecified atom stereocenters. The molecule has 1 saturated heterocycles. The zero-order valence-corrected chi connectivity index (χ0v) is 11.7. The van der Waals surface area contributed by atoms with E-state index in [0.717, 1.165) is 25.3 Å². The van der Waals surface area contributed by atoms with Crippen LogP contribution in [0.25, 0.3) is 0 Å². The quantitative estimate of drug-likeness (QED) is 0.679. The Labute approximate surface area is 114 Å². The Morgan fingerprint density at radius 3 is 3.06 bits per heavy atom. The summed E-state index contributed by atoms with van der Waals surface area (Å²) in [6.07, 6.45) is 3.65. The van der Waals surface area contributed by atoms with Gasteiger partial charge in [0.2, 0.25) is 0 Å². The number of nitrogens with one attached hydrogen (secondary N) is 1. The summed E-state index contributed by atoms with van der Waals surface area (Å²) in [7, 11) is 1.94. The number of pyridine rings is 1. The molecule has 0 aromatic carbocycles. The number of hydrogen-bond acceptors (Lipinski definition) is 5. The van der Waals surface area contributed by atoms with Crippen molar-refractivity contribution in [3.63, 3.8) is 0 Å². The predicted molar refractivity (Wildman–Crippen MR) is 72.9 cm³/mol. The Kier molecular flexibility index (Phi) is 4.13. The molecule has 1 fully saturated rings. The molecule has 1 atom stereocenters. The van der Waals surface area contributed by atoms with E-state index in [1.165, 1.54) is 18.7 Å². The second-order valence-corrected chi connectivity index (χ2v) is 5.28. The molecule has 1 aliphatic rings. The molecule has 6 nitrogen and oxygen atoms in total. The van der Waals surface area contributed by atoms with Crippen LogP contribution in [0.4, 0.5) is 11.5 Å². The molecule has 1 N–H and O–H groups in total. The molecule has 1 aliphatic heterocycles. The van der Waals surface area contributed by atoms with Gasteiger partial charge in [-0.2, -0.15) is 0 Å². The highest BCUT2D eigenvalue weighted by molar-refractivity contribution is 9.10. The molecule has 0 aliphatic carbocycles. The van der Waals surface area contributed by atoms with Crippen LogP contribution in [0.1, 0.15) is 12.8 Å². The highest BCUT2D eigenvalue weighted by Crippen LogP contribution is 2.27. The van der Waals surface area contributed by atoms with Crippen LogP contribution in [0.2, 0.25) is 0 Å². The first-order valence-corrected chi connectivity index (χ1v) is 6.61. The minimum atomic E-state index is -0.444. The first-order valence-electron chi connectivity index (χ1n) is 5.82. The van der Waals surface area contributed by atoms with Crippen molar-refractivity contribution in [2.24, 2.45) is 0 Å². The molecule has 0 saturated carbocycles. The van der Waals surface area contributed by atoms with E-state index >= 15 is 0 Å². The van der Waals surface area contributed by atoms with Crippen molar-refractivity contribution in [2.45, 2.75) is 18.9 Å². The Morgan fingerprint density at radius 2 is 2.50 bits per heavy atom. The average Bonchev–Trinajstić information content (AvgIpc) is 2.81. The summed E-state index contributed by atoms with van der Waals surface area (Å²) in [5.74, 6) is 0.731. The van der Waals surface area contributed by atoms with Crippen molar-refractivity contribution < 1.29 is 4.92 Å². The van der Waals surface area contributed by atoms with Crippen LogP contribution in [-0.2, 0) is 0 Å².